The van der Waals surface area contributed by atoms with Crippen LogP contribution in [0.3, 0.4) is 0 Å². The van der Waals surface area contributed by atoms with Gasteiger partial charge in [0.15, 0.2) is 0 Å². The van der Waals surface area contributed by atoms with E-state index in [2.05, 4.69) is 10.00 Å². The zero-order chi connectivity index (χ0) is 18.0. The van der Waals surface area contributed by atoms with Crippen LogP contribution in [0.1, 0.15) is 43.9 Å². The van der Waals surface area contributed by atoms with Crippen molar-refractivity contribution in [2.45, 2.75) is 46.1 Å². The fourth-order valence-electron chi connectivity index (χ4n) is 4.22. The van der Waals surface area contributed by atoms with Crippen LogP contribution in [0.4, 0.5) is 4.79 Å². The van der Waals surface area contributed by atoms with Gasteiger partial charge in [0.05, 0.1) is 12.3 Å². The van der Waals surface area contributed by atoms with Crippen molar-refractivity contribution in [1.82, 2.24) is 19.6 Å². The average molecular weight is 369 g/mol. The van der Waals surface area contributed by atoms with Crippen LogP contribution in [0.2, 0.25) is 5.15 Å². The normalized spacial score (nSPS) is 24.2. The summed E-state index contributed by atoms with van der Waals surface area (Å²) in [6, 6.07) is 0. The van der Waals surface area contributed by atoms with E-state index in [0.717, 1.165) is 68.4 Å². The zero-order valence-electron chi connectivity index (χ0n) is 15.6. The van der Waals surface area contributed by atoms with Gasteiger partial charge in [0.1, 0.15) is 5.15 Å². The molecule has 2 aliphatic rings. The Hall–Kier alpha value is -1.27. The lowest BCUT2D eigenvalue weighted by Gasteiger charge is -2.39. The molecule has 1 atom stereocenters. The van der Waals surface area contributed by atoms with E-state index in [0.29, 0.717) is 6.61 Å². The van der Waals surface area contributed by atoms with Crippen molar-refractivity contribution in [3.05, 3.63) is 16.4 Å². The predicted molar refractivity (Wildman–Crippen MR) is 97.7 cm³/mol. The molecule has 0 saturated carbocycles. The minimum atomic E-state index is -0.148. The number of ether oxygens (including phenoxy) is 1. The highest BCUT2D eigenvalue weighted by atomic mass is 35.5. The smallest absolute Gasteiger partial charge is 0.409 e. The standard InChI is InChI=1S/C18H29ClN4O2/c1-4-10-25-17(24)23-8-5-6-18(13-23)7-9-22(12-18)11-15-14(2)20-21(3)16(15)19/h4-13H2,1-3H3. The topological polar surface area (TPSA) is 50.6 Å². The first-order valence-electron chi connectivity index (χ1n) is 9.26. The largest absolute Gasteiger partial charge is 0.449 e. The Morgan fingerprint density at radius 2 is 2.12 bits per heavy atom. The molecule has 1 aromatic heterocycles. The molecule has 140 valence electrons. The van der Waals surface area contributed by atoms with Crippen LogP contribution in [0.5, 0.6) is 0 Å². The number of likely N-dealkylation sites (tertiary alicyclic amines) is 2. The number of rotatable bonds is 4. The molecule has 6 nitrogen and oxygen atoms in total. The van der Waals surface area contributed by atoms with E-state index in [1.54, 1.807) is 4.68 Å². The summed E-state index contributed by atoms with van der Waals surface area (Å²) >= 11 is 6.39. The van der Waals surface area contributed by atoms with Crippen molar-refractivity contribution >= 4 is 17.7 Å². The van der Waals surface area contributed by atoms with Crippen LogP contribution in [0.15, 0.2) is 0 Å². The van der Waals surface area contributed by atoms with Crippen molar-refractivity contribution in [2.75, 3.05) is 32.8 Å². The molecule has 0 bridgehead atoms. The maximum absolute atomic E-state index is 12.2. The first kappa shape index (κ1) is 18.5. The van der Waals surface area contributed by atoms with Gasteiger partial charge < -0.3 is 9.64 Å². The molecule has 7 heteroatoms. The van der Waals surface area contributed by atoms with E-state index in [4.69, 9.17) is 16.3 Å². The van der Waals surface area contributed by atoms with Gasteiger partial charge in [0, 0.05) is 44.2 Å². The second-order valence-electron chi connectivity index (χ2n) is 7.58. The van der Waals surface area contributed by atoms with E-state index in [-0.39, 0.29) is 11.5 Å². The molecule has 3 rings (SSSR count). The summed E-state index contributed by atoms with van der Waals surface area (Å²) in [6.07, 6.45) is 4.08. The highest BCUT2D eigenvalue weighted by Crippen LogP contribution is 2.40. The number of piperidine rings is 1. The molecule has 1 unspecified atom stereocenters. The number of carbonyl (C=O) groups is 1. The summed E-state index contributed by atoms with van der Waals surface area (Å²) in [6.45, 7) is 9.06. The van der Waals surface area contributed by atoms with Crippen LogP contribution in [-0.4, -0.2) is 58.5 Å². The number of aromatic nitrogens is 2. The summed E-state index contributed by atoms with van der Waals surface area (Å²) in [5, 5.41) is 5.14. The number of nitrogens with zero attached hydrogens (tertiary/aromatic N) is 4. The van der Waals surface area contributed by atoms with E-state index < -0.39 is 0 Å². The van der Waals surface area contributed by atoms with Crippen LogP contribution < -0.4 is 0 Å². The summed E-state index contributed by atoms with van der Waals surface area (Å²) in [5.41, 5.74) is 2.32. The van der Waals surface area contributed by atoms with Crippen LogP contribution in [-0.2, 0) is 18.3 Å². The Labute approximate surface area is 155 Å². The van der Waals surface area contributed by atoms with E-state index >= 15 is 0 Å². The predicted octanol–water partition coefficient (Wildman–Crippen LogP) is 3.22. The molecule has 3 heterocycles. The van der Waals surface area contributed by atoms with Gasteiger partial charge in [0.25, 0.3) is 0 Å². The number of halogens is 1. The maximum atomic E-state index is 12.2. The Bertz CT molecular complexity index is 633. The zero-order valence-corrected chi connectivity index (χ0v) is 16.3. The molecule has 1 aromatic rings. The highest BCUT2D eigenvalue weighted by Gasteiger charge is 2.43. The van der Waals surface area contributed by atoms with E-state index in [1.165, 1.54) is 6.42 Å². The number of amides is 1. The minimum Gasteiger partial charge on any atom is -0.449 e. The quantitative estimate of drug-likeness (QED) is 0.818. The van der Waals surface area contributed by atoms with Gasteiger partial charge in [-0.15, -0.1) is 0 Å². The third-order valence-electron chi connectivity index (χ3n) is 5.52. The number of carbonyl (C=O) groups excluding carboxylic acids is 1. The van der Waals surface area contributed by atoms with Crippen molar-refractivity contribution in [1.29, 1.82) is 0 Å². The maximum Gasteiger partial charge on any atom is 0.409 e. The molecule has 0 aliphatic carbocycles. The van der Waals surface area contributed by atoms with Crippen LogP contribution >= 0.6 is 11.6 Å². The van der Waals surface area contributed by atoms with Gasteiger partial charge in [-0.25, -0.2) is 4.79 Å². The molecular weight excluding hydrogens is 340 g/mol. The molecule has 2 saturated heterocycles. The summed E-state index contributed by atoms with van der Waals surface area (Å²) in [4.78, 5) is 16.6. The number of hydrogen-bond acceptors (Lipinski definition) is 4. The molecule has 0 aromatic carbocycles. The second-order valence-corrected chi connectivity index (χ2v) is 7.94. The van der Waals surface area contributed by atoms with Crippen molar-refractivity contribution in [3.63, 3.8) is 0 Å². The molecule has 0 radical (unpaired) electrons. The number of aryl methyl sites for hydroxylation is 2. The SMILES string of the molecule is CCCOC(=O)N1CCCC2(CCN(Cc3c(C)nn(C)c3Cl)C2)C1. The molecule has 2 aliphatic heterocycles. The lowest BCUT2D eigenvalue weighted by Crippen LogP contribution is -2.47. The van der Waals surface area contributed by atoms with E-state index in [9.17, 15) is 4.79 Å². The fraction of sp³-hybridized carbons (Fsp3) is 0.778. The van der Waals surface area contributed by atoms with Gasteiger partial charge in [-0.1, -0.05) is 18.5 Å². The molecular formula is C18H29ClN4O2. The monoisotopic (exact) mass is 368 g/mol. The molecule has 1 amide bonds. The Morgan fingerprint density at radius 1 is 1.32 bits per heavy atom. The first-order valence-corrected chi connectivity index (χ1v) is 9.64. The van der Waals surface area contributed by atoms with Crippen molar-refractivity contribution < 1.29 is 9.53 Å². The summed E-state index contributed by atoms with van der Waals surface area (Å²) < 4.78 is 7.08. The fourth-order valence-corrected chi connectivity index (χ4v) is 4.45. The van der Waals surface area contributed by atoms with Gasteiger partial charge in [-0.2, -0.15) is 5.10 Å². The lowest BCUT2D eigenvalue weighted by atomic mass is 9.79. The summed E-state index contributed by atoms with van der Waals surface area (Å²) in [5.74, 6) is 0. The second kappa shape index (κ2) is 7.54. The molecule has 2 fully saturated rings. The average Bonchev–Trinajstić information content (AvgIpc) is 3.08. The minimum absolute atomic E-state index is 0.148. The van der Waals surface area contributed by atoms with E-state index in [1.807, 2.05) is 25.8 Å². The summed E-state index contributed by atoms with van der Waals surface area (Å²) in [7, 11) is 1.88. The van der Waals surface area contributed by atoms with Crippen LogP contribution in [0.25, 0.3) is 0 Å². The molecule has 0 N–H and O–H groups in total. The third-order valence-corrected chi connectivity index (χ3v) is 5.99. The Balaban J connectivity index is 1.62. The van der Waals surface area contributed by atoms with Gasteiger partial charge >= 0.3 is 6.09 Å². The van der Waals surface area contributed by atoms with Crippen molar-refractivity contribution in [3.8, 4) is 0 Å². The van der Waals surface area contributed by atoms with Crippen molar-refractivity contribution in [2.24, 2.45) is 12.5 Å². The van der Waals surface area contributed by atoms with Gasteiger partial charge in [-0.3, -0.25) is 9.58 Å². The van der Waals surface area contributed by atoms with Gasteiger partial charge in [-0.05, 0) is 39.2 Å². The van der Waals surface area contributed by atoms with Gasteiger partial charge in [0.2, 0.25) is 0 Å². The molecule has 1 spiro atoms. The Morgan fingerprint density at radius 3 is 2.80 bits per heavy atom. The molecule has 25 heavy (non-hydrogen) atoms. The third kappa shape index (κ3) is 3.95. The first-order chi connectivity index (χ1) is 11.9. The highest BCUT2D eigenvalue weighted by molar-refractivity contribution is 6.30. The number of hydrogen-bond donors (Lipinski definition) is 0. The lowest BCUT2D eigenvalue weighted by molar-refractivity contribution is 0.0574. The van der Waals surface area contributed by atoms with Crippen LogP contribution in [0, 0.1) is 12.3 Å². The Kier molecular flexibility index (Phi) is 5.58.